The highest BCUT2D eigenvalue weighted by Gasteiger charge is 2.27. The number of aliphatic hydroxyl groups excluding tert-OH is 1. The summed E-state index contributed by atoms with van der Waals surface area (Å²) in [5.41, 5.74) is 0. The molecule has 0 aromatic rings. The average Bonchev–Trinajstić information content (AvgIpc) is 1.83. The summed E-state index contributed by atoms with van der Waals surface area (Å²) in [4.78, 5) is 0. The van der Waals surface area contributed by atoms with Gasteiger partial charge in [0.1, 0.15) is 10.2 Å². The number of alkyl halides is 1. The number of nitrogens with one attached hydrogen (secondary N) is 1. The molecule has 0 saturated carbocycles. The fourth-order valence-electron chi connectivity index (χ4n) is 0.643. The molecule has 2 nitrogen and oxygen atoms in total. The zero-order valence-corrected chi connectivity index (χ0v) is 8.53. The van der Waals surface area contributed by atoms with Crippen LogP contribution in [0.25, 0.3) is 0 Å². The molecule has 0 spiro atoms. The molecule has 56 valence electrons. The lowest BCUT2D eigenvalue weighted by Crippen LogP contribution is -2.36. The monoisotopic (exact) mass is 267 g/mol. The van der Waals surface area contributed by atoms with Gasteiger partial charge in [-0.15, -0.1) is 0 Å². The van der Waals surface area contributed by atoms with Crippen molar-refractivity contribution in [2.75, 3.05) is 0 Å². The van der Waals surface area contributed by atoms with E-state index in [2.05, 4.69) is 37.2 Å². The van der Waals surface area contributed by atoms with Crippen LogP contribution < -0.4 is 5.32 Å². The minimum absolute atomic E-state index is 0.259. The molecule has 0 aliphatic carbocycles. The first-order valence-electron chi connectivity index (χ1n) is 2.76. The van der Waals surface area contributed by atoms with Crippen LogP contribution in [0.15, 0.2) is 22.5 Å². The van der Waals surface area contributed by atoms with Crippen molar-refractivity contribution in [1.29, 1.82) is 0 Å². The van der Waals surface area contributed by atoms with Crippen LogP contribution >= 0.6 is 31.9 Å². The van der Waals surface area contributed by atoms with Crippen molar-refractivity contribution in [3.63, 3.8) is 0 Å². The lowest BCUT2D eigenvalue weighted by molar-refractivity contribution is 0.344. The second-order valence-electron chi connectivity index (χ2n) is 2.18. The molecule has 0 bridgehead atoms. The Hall–Kier alpha value is 0.0400. The molecule has 4 heteroatoms. The second kappa shape index (κ2) is 2.58. The van der Waals surface area contributed by atoms with Crippen molar-refractivity contribution in [2.45, 2.75) is 11.4 Å². The largest absolute Gasteiger partial charge is 0.508 e. The van der Waals surface area contributed by atoms with Gasteiger partial charge >= 0.3 is 0 Å². The van der Waals surface area contributed by atoms with E-state index >= 15 is 0 Å². The zero-order valence-electron chi connectivity index (χ0n) is 5.36. The predicted molar refractivity (Wildman–Crippen MR) is 48.2 cm³/mol. The average molecular weight is 269 g/mol. The van der Waals surface area contributed by atoms with Gasteiger partial charge < -0.3 is 10.4 Å². The van der Waals surface area contributed by atoms with Crippen molar-refractivity contribution in [3.05, 3.63) is 22.5 Å². The maximum Gasteiger partial charge on any atom is 0.148 e. The minimum atomic E-state index is -0.527. The van der Waals surface area contributed by atoms with Crippen LogP contribution in [0.3, 0.4) is 0 Å². The molecule has 2 N–H and O–H groups in total. The van der Waals surface area contributed by atoms with Crippen LogP contribution in [0.2, 0.25) is 0 Å². The van der Waals surface area contributed by atoms with E-state index in [0.717, 1.165) is 0 Å². The molecule has 10 heavy (non-hydrogen) atoms. The molecule has 1 aliphatic heterocycles. The molecule has 0 aromatic heterocycles. The third-order valence-electron chi connectivity index (χ3n) is 1.25. The Morgan fingerprint density at radius 2 is 2.30 bits per heavy atom. The summed E-state index contributed by atoms with van der Waals surface area (Å²) in [5.74, 6) is 0.259. The van der Waals surface area contributed by atoms with E-state index in [0.29, 0.717) is 4.48 Å². The lowest BCUT2D eigenvalue weighted by Gasteiger charge is -2.25. The maximum absolute atomic E-state index is 9.38. The molecule has 1 heterocycles. The van der Waals surface area contributed by atoms with Crippen molar-refractivity contribution >= 4 is 31.9 Å². The van der Waals surface area contributed by atoms with Gasteiger partial charge in [0, 0.05) is 0 Å². The minimum Gasteiger partial charge on any atom is -0.508 e. The van der Waals surface area contributed by atoms with E-state index in [9.17, 15) is 5.11 Å². The number of halogens is 2. The van der Waals surface area contributed by atoms with Gasteiger partial charge in [-0.3, -0.25) is 0 Å². The van der Waals surface area contributed by atoms with E-state index in [1.807, 2.05) is 6.92 Å². The normalized spacial score (nSPS) is 32.3. The van der Waals surface area contributed by atoms with E-state index in [4.69, 9.17) is 0 Å². The second-order valence-corrected chi connectivity index (χ2v) is 4.62. The molecule has 1 atom stereocenters. The van der Waals surface area contributed by atoms with Crippen LogP contribution in [0.5, 0.6) is 0 Å². The molecule has 0 radical (unpaired) electrons. The van der Waals surface area contributed by atoms with Crippen LogP contribution in [0.4, 0.5) is 0 Å². The maximum atomic E-state index is 9.38. The highest BCUT2D eigenvalue weighted by Crippen LogP contribution is 2.30. The van der Waals surface area contributed by atoms with E-state index in [1.54, 1.807) is 12.3 Å². The first-order valence-corrected chi connectivity index (χ1v) is 4.35. The Labute approximate surface area is 76.3 Å². The van der Waals surface area contributed by atoms with Gasteiger partial charge in [0.15, 0.2) is 0 Å². The Kier molecular flexibility index (Phi) is 2.10. The summed E-state index contributed by atoms with van der Waals surface area (Å²) in [7, 11) is 0. The van der Waals surface area contributed by atoms with Crippen LogP contribution in [0, 0.1) is 0 Å². The third kappa shape index (κ3) is 1.37. The molecular formula is C6H7Br2NO. The highest BCUT2D eigenvalue weighted by molar-refractivity contribution is 9.12. The Morgan fingerprint density at radius 1 is 1.70 bits per heavy atom. The Morgan fingerprint density at radius 3 is 2.70 bits per heavy atom. The van der Waals surface area contributed by atoms with Crippen LogP contribution in [-0.2, 0) is 0 Å². The Bertz CT molecular complexity index is 208. The van der Waals surface area contributed by atoms with Crippen LogP contribution in [-0.4, -0.2) is 9.55 Å². The molecule has 0 saturated heterocycles. The fraction of sp³-hybridized carbons (Fsp3) is 0.333. The van der Waals surface area contributed by atoms with Gasteiger partial charge in [-0.1, -0.05) is 15.9 Å². The summed E-state index contributed by atoms with van der Waals surface area (Å²) in [5, 5.41) is 12.3. The van der Waals surface area contributed by atoms with Gasteiger partial charge in [0.2, 0.25) is 0 Å². The summed E-state index contributed by atoms with van der Waals surface area (Å²) in [6.07, 6.45) is 3.51. The van der Waals surface area contributed by atoms with E-state index in [1.165, 1.54) is 0 Å². The number of dihydropyridines is 1. The van der Waals surface area contributed by atoms with Crippen molar-refractivity contribution in [1.82, 2.24) is 5.32 Å². The molecule has 0 aromatic carbocycles. The highest BCUT2D eigenvalue weighted by atomic mass is 79.9. The predicted octanol–water partition coefficient (Wildman–Crippen LogP) is 2.38. The van der Waals surface area contributed by atoms with Crippen LogP contribution in [0.1, 0.15) is 6.92 Å². The van der Waals surface area contributed by atoms with Crippen molar-refractivity contribution < 1.29 is 5.11 Å². The van der Waals surface area contributed by atoms with Gasteiger partial charge in [0.05, 0.1) is 4.48 Å². The first kappa shape index (κ1) is 8.14. The Balaban J connectivity index is 2.99. The quantitative estimate of drug-likeness (QED) is 0.522. The number of hydrogen-bond donors (Lipinski definition) is 2. The summed E-state index contributed by atoms with van der Waals surface area (Å²) in [6.45, 7) is 1.83. The number of hydrogen-bond acceptors (Lipinski definition) is 2. The lowest BCUT2D eigenvalue weighted by atomic mass is 10.2. The van der Waals surface area contributed by atoms with Gasteiger partial charge in [-0.2, -0.15) is 0 Å². The molecular weight excluding hydrogens is 262 g/mol. The van der Waals surface area contributed by atoms with Crippen molar-refractivity contribution in [3.8, 4) is 0 Å². The topological polar surface area (TPSA) is 32.3 Å². The molecule has 1 unspecified atom stereocenters. The standard InChI is InChI=1S/C6H7Br2NO/c1-6(8)5(10)4(7)2-3-9-6/h2-3,9-10H,1H3. The molecule has 0 fully saturated rings. The van der Waals surface area contributed by atoms with Gasteiger partial charge in [-0.25, -0.2) is 0 Å². The number of rotatable bonds is 0. The summed E-state index contributed by atoms with van der Waals surface area (Å²) >= 11 is 6.50. The first-order chi connectivity index (χ1) is 4.54. The van der Waals surface area contributed by atoms with E-state index in [-0.39, 0.29) is 5.76 Å². The summed E-state index contributed by atoms with van der Waals surface area (Å²) < 4.78 is 0.172. The number of aliphatic hydroxyl groups is 1. The summed E-state index contributed by atoms with van der Waals surface area (Å²) in [6, 6.07) is 0. The van der Waals surface area contributed by atoms with Gasteiger partial charge in [-0.05, 0) is 35.1 Å². The zero-order chi connectivity index (χ0) is 7.78. The van der Waals surface area contributed by atoms with Crippen molar-refractivity contribution in [2.24, 2.45) is 0 Å². The van der Waals surface area contributed by atoms with Gasteiger partial charge in [0.25, 0.3) is 0 Å². The third-order valence-corrected chi connectivity index (χ3v) is 2.50. The fourth-order valence-corrected chi connectivity index (χ4v) is 1.78. The smallest absolute Gasteiger partial charge is 0.148 e. The SMILES string of the molecule is CC1(Br)NC=CC(Br)=C1O. The molecule has 1 rings (SSSR count). The number of allylic oxidation sites excluding steroid dienone is 2. The molecule has 1 aliphatic rings. The molecule has 0 amide bonds. The van der Waals surface area contributed by atoms with E-state index < -0.39 is 4.45 Å².